The fourth-order valence-electron chi connectivity index (χ4n) is 4.18. The number of aromatic nitrogens is 4. The van der Waals surface area contributed by atoms with Gasteiger partial charge in [0.2, 0.25) is 11.9 Å². The minimum atomic E-state index is -0.370. The standard InChI is InChI=1S/C23H23N7O3/c1-29-22(33)17-6-2-3-7-19(17)25-23(29)28-27-20(31)15-5-4-10-30(13-15)21(32)14-8-9-18-16(11-14)12-24-26-18/h2-3,6-9,11-12,15H,4-5,10,13H2,1H3,(H,24,26)(H,25,28)(H,27,31). The smallest absolute Gasteiger partial charge is 0.262 e. The van der Waals surface area contributed by atoms with Gasteiger partial charge in [-0.3, -0.25) is 34.9 Å². The molecule has 168 valence electrons. The lowest BCUT2D eigenvalue weighted by molar-refractivity contribution is -0.125. The Morgan fingerprint density at radius 3 is 2.91 bits per heavy atom. The van der Waals surface area contributed by atoms with Crippen LogP contribution in [0.15, 0.2) is 53.5 Å². The molecule has 1 fully saturated rings. The molecule has 0 radical (unpaired) electrons. The third-order valence-electron chi connectivity index (χ3n) is 6.05. The number of rotatable bonds is 4. The molecule has 1 saturated heterocycles. The number of hydrogen-bond acceptors (Lipinski definition) is 6. The van der Waals surface area contributed by atoms with Gasteiger partial charge in [0.15, 0.2) is 0 Å². The van der Waals surface area contributed by atoms with Gasteiger partial charge in [0.1, 0.15) is 0 Å². The number of benzene rings is 2. The average Bonchev–Trinajstić information content (AvgIpc) is 3.33. The molecule has 0 saturated carbocycles. The number of nitrogens with zero attached hydrogens (tertiary/aromatic N) is 4. The van der Waals surface area contributed by atoms with Crippen molar-refractivity contribution in [2.75, 3.05) is 18.5 Å². The van der Waals surface area contributed by atoms with E-state index in [2.05, 4.69) is 26.0 Å². The number of carbonyl (C=O) groups is 2. The highest BCUT2D eigenvalue weighted by atomic mass is 16.2. The van der Waals surface area contributed by atoms with Crippen LogP contribution in [0.3, 0.4) is 0 Å². The summed E-state index contributed by atoms with van der Waals surface area (Å²) in [6.07, 6.45) is 3.07. The van der Waals surface area contributed by atoms with E-state index in [0.717, 1.165) is 17.3 Å². The number of nitrogens with one attached hydrogen (secondary N) is 3. The van der Waals surface area contributed by atoms with E-state index in [1.165, 1.54) is 4.57 Å². The first-order chi connectivity index (χ1) is 16.0. The highest BCUT2D eigenvalue weighted by Gasteiger charge is 2.29. The normalized spacial score (nSPS) is 16.2. The first kappa shape index (κ1) is 20.7. The number of amides is 2. The van der Waals surface area contributed by atoms with E-state index in [9.17, 15) is 14.4 Å². The average molecular weight is 445 g/mol. The predicted octanol–water partition coefficient (Wildman–Crippen LogP) is 1.81. The molecule has 4 aromatic rings. The van der Waals surface area contributed by atoms with E-state index < -0.39 is 0 Å². The second kappa shape index (κ2) is 8.38. The van der Waals surface area contributed by atoms with Gasteiger partial charge in [-0.05, 0) is 43.2 Å². The van der Waals surface area contributed by atoms with Crippen LogP contribution >= 0.6 is 0 Å². The lowest BCUT2D eigenvalue weighted by Crippen LogP contribution is -2.47. The molecule has 0 spiro atoms. The van der Waals surface area contributed by atoms with Crippen molar-refractivity contribution in [3.8, 4) is 0 Å². The fourth-order valence-corrected chi connectivity index (χ4v) is 4.18. The van der Waals surface area contributed by atoms with Crippen molar-refractivity contribution in [1.82, 2.24) is 30.1 Å². The number of piperidine rings is 1. The minimum Gasteiger partial charge on any atom is -0.338 e. The van der Waals surface area contributed by atoms with Gasteiger partial charge >= 0.3 is 0 Å². The van der Waals surface area contributed by atoms with Crippen molar-refractivity contribution in [2.24, 2.45) is 13.0 Å². The van der Waals surface area contributed by atoms with Crippen LogP contribution in [-0.2, 0) is 11.8 Å². The van der Waals surface area contributed by atoms with Crippen LogP contribution in [0.2, 0.25) is 0 Å². The largest absolute Gasteiger partial charge is 0.338 e. The predicted molar refractivity (Wildman–Crippen MR) is 123 cm³/mol. The zero-order valence-corrected chi connectivity index (χ0v) is 18.0. The summed E-state index contributed by atoms with van der Waals surface area (Å²) >= 11 is 0. The summed E-state index contributed by atoms with van der Waals surface area (Å²) < 4.78 is 1.35. The first-order valence-electron chi connectivity index (χ1n) is 10.8. The number of anilines is 1. The highest BCUT2D eigenvalue weighted by molar-refractivity contribution is 5.98. The van der Waals surface area contributed by atoms with Crippen LogP contribution in [-0.4, -0.2) is 49.6 Å². The molecule has 33 heavy (non-hydrogen) atoms. The Balaban J connectivity index is 1.26. The molecule has 1 aliphatic heterocycles. The Kier molecular flexibility index (Phi) is 5.25. The van der Waals surface area contributed by atoms with Gasteiger partial charge in [-0.25, -0.2) is 4.98 Å². The summed E-state index contributed by atoms with van der Waals surface area (Å²) in [5.41, 5.74) is 7.20. The second-order valence-corrected chi connectivity index (χ2v) is 8.19. The molecule has 5 rings (SSSR count). The van der Waals surface area contributed by atoms with Gasteiger partial charge in [-0.2, -0.15) is 5.10 Å². The van der Waals surface area contributed by atoms with Gasteiger partial charge in [0.25, 0.3) is 11.5 Å². The molecular weight excluding hydrogens is 422 g/mol. The molecule has 2 aromatic carbocycles. The summed E-state index contributed by atoms with van der Waals surface area (Å²) in [4.78, 5) is 44.5. The summed E-state index contributed by atoms with van der Waals surface area (Å²) in [7, 11) is 1.59. The summed E-state index contributed by atoms with van der Waals surface area (Å²) in [5, 5.41) is 8.23. The van der Waals surface area contributed by atoms with E-state index in [4.69, 9.17) is 0 Å². The van der Waals surface area contributed by atoms with Crippen molar-refractivity contribution in [1.29, 1.82) is 0 Å². The Labute approximate surface area is 188 Å². The molecule has 3 heterocycles. The van der Waals surface area contributed by atoms with E-state index in [-0.39, 0.29) is 29.2 Å². The maximum absolute atomic E-state index is 13.0. The number of aromatic amines is 1. The second-order valence-electron chi connectivity index (χ2n) is 8.19. The molecule has 2 amide bonds. The number of carbonyl (C=O) groups excluding carboxylic acids is 2. The summed E-state index contributed by atoms with van der Waals surface area (Å²) in [6.45, 7) is 0.917. The molecule has 3 N–H and O–H groups in total. The molecule has 2 aromatic heterocycles. The maximum Gasteiger partial charge on any atom is 0.262 e. The van der Waals surface area contributed by atoms with E-state index in [1.807, 2.05) is 6.07 Å². The van der Waals surface area contributed by atoms with Crippen LogP contribution in [0.25, 0.3) is 21.8 Å². The van der Waals surface area contributed by atoms with Gasteiger partial charge in [0.05, 0.1) is 28.5 Å². The quantitative estimate of drug-likeness (QED) is 0.412. The summed E-state index contributed by atoms with van der Waals surface area (Å²) in [6, 6.07) is 12.4. The number of likely N-dealkylation sites (tertiary alicyclic amines) is 1. The molecule has 1 atom stereocenters. The fraction of sp³-hybridized carbons (Fsp3) is 0.261. The Bertz CT molecular complexity index is 1420. The highest BCUT2D eigenvalue weighted by Crippen LogP contribution is 2.21. The number of hydrogen-bond donors (Lipinski definition) is 3. The third kappa shape index (κ3) is 3.91. The van der Waals surface area contributed by atoms with Crippen molar-refractivity contribution in [3.05, 3.63) is 64.6 Å². The Morgan fingerprint density at radius 2 is 2.03 bits per heavy atom. The molecule has 1 aliphatic rings. The van der Waals surface area contributed by atoms with Crippen molar-refractivity contribution in [3.63, 3.8) is 0 Å². The van der Waals surface area contributed by atoms with Crippen LogP contribution < -0.4 is 16.4 Å². The van der Waals surface area contributed by atoms with Crippen LogP contribution in [0.1, 0.15) is 23.2 Å². The summed E-state index contributed by atoms with van der Waals surface area (Å²) in [5.74, 6) is -0.489. The third-order valence-corrected chi connectivity index (χ3v) is 6.05. The van der Waals surface area contributed by atoms with Crippen LogP contribution in [0.5, 0.6) is 0 Å². The molecule has 1 unspecified atom stereocenters. The monoisotopic (exact) mass is 445 g/mol. The van der Waals surface area contributed by atoms with Gasteiger partial charge in [-0.15, -0.1) is 0 Å². The van der Waals surface area contributed by atoms with Crippen molar-refractivity contribution in [2.45, 2.75) is 12.8 Å². The lowest BCUT2D eigenvalue weighted by atomic mass is 9.96. The minimum absolute atomic E-state index is 0.109. The van der Waals surface area contributed by atoms with Crippen molar-refractivity contribution < 1.29 is 9.59 Å². The van der Waals surface area contributed by atoms with E-state index >= 15 is 0 Å². The zero-order chi connectivity index (χ0) is 22.9. The Morgan fingerprint density at radius 1 is 1.18 bits per heavy atom. The first-order valence-corrected chi connectivity index (χ1v) is 10.8. The van der Waals surface area contributed by atoms with Gasteiger partial charge in [-0.1, -0.05) is 12.1 Å². The molecule has 0 bridgehead atoms. The van der Waals surface area contributed by atoms with E-state index in [1.54, 1.807) is 54.5 Å². The van der Waals surface area contributed by atoms with Crippen LogP contribution in [0.4, 0.5) is 5.95 Å². The topological polar surface area (TPSA) is 125 Å². The molecular formula is C23H23N7O3. The van der Waals surface area contributed by atoms with Gasteiger partial charge < -0.3 is 4.90 Å². The number of fused-ring (bicyclic) bond motifs is 2. The van der Waals surface area contributed by atoms with E-state index in [0.29, 0.717) is 36.0 Å². The van der Waals surface area contributed by atoms with Crippen molar-refractivity contribution >= 4 is 39.6 Å². The SMILES string of the molecule is Cn1c(NNC(=O)C2CCCN(C(=O)c3ccc4[nH]ncc4c3)C2)nc2ccccc2c1=O. The lowest BCUT2D eigenvalue weighted by Gasteiger charge is -2.32. The maximum atomic E-state index is 13.0. The Hall–Kier alpha value is -4.21. The number of hydrazine groups is 1. The molecule has 10 nitrogen and oxygen atoms in total. The molecule has 10 heteroatoms. The number of para-hydroxylation sites is 1. The van der Waals surface area contributed by atoms with Crippen LogP contribution in [0, 0.1) is 5.92 Å². The van der Waals surface area contributed by atoms with Gasteiger partial charge in [0, 0.05) is 31.1 Å². The molecule has 0 aliphatic carbocycles. The number of H-pyrrole nitrogens is 1. The zero-order valence-electron chi connectivity index (χ0n) is 18.0.